The zero-order valence-electron chi connectivity index (χ0n) is 10.0. The van der Waals surface area contributed by atoms with Crippen LogP contribution in [0.3, 0.4) is 0 Å². The van der Waals surface area contributed by atoms with E-state index < -0.39 is 15.8 Å². The molecular weight excluding hydrogens is 245 g/mol. The summed E-state index contributed by atoms with van der Waals surface area (Å²) in [6.45, 7) is 3.50. The predicted molar refractivity (Wildman–Crippen MR) is 62.8 cm³/mol. The highest BCUT2D eigenvalue weighted by atomic mass is 32.2. The molecule has 0 aliphatic rings. The minimum Gasteiger partial charge on any atom is -0.380 e. The van der Waals surface area contributed by atoms with E-state index in [4.69, 9.17) is 4.74 Å². The molecule has 1 unspecified atom stereocenters. The van der Waals surface area contributed by atoms with Gasteiger partial charge in [-0.15, -0.1) is 0 Å². The summed E-state index contributed by atoms with van der Waals surface area (Å²) in [6, 6.07) is 3.67. The second-order valence-corrected chi connectivity index (χ2v) is 5.54. The van der Waals surface area contributed by atoms with Crippen LogP contribution in [0.5, 0.6) is 0 Å². The molecule has 0 radical (unpaired) electrons. The average molecular weight is 261 g/mol. The molecule has 0 aliphatic heterocycles. The molecule has 1 rings (SSSR count). The first-order chi connectivity index (χ1) is 7.86. The monoisotopic (exact) mass is 261 g/mol. The Morgan fingerprint density at radius 2 is 2.12 bits per heavy atom. The minimum absolute atomic E-state index is 0.0409. The molecule has 0 heterocycles. The fourth-order valence-electron chi connectivity index (χ4n) is 1.25. The van der Waals surface area contributed by atoms with Gasteiger partial charge >= 0.3 is 0 Å². The van der Waals surface area contributed by atoms with Crippen molar-refractivity contribution in [1.82, 2.24) is 4.72 Å². The molecule has 4 nitrogen and oxygen atoms in total. The summed E-state index contributed by atoms with van der Waals surface area (Å²) in [5.74, 6) is -0.573. The van der Waals surface area contributed by atoms with Gasteiger partial charge in [-0.25, -0.2) is 17.5 Å². The van der Waals surface area contributed by atoms with E-state index in [1.165, 1.54) is 19.2 Å². The summed E-state index contributed by atoms with van der Waals surface area (Å²) in [5, 5.41) is 0. The molecule has 17 heavy (non-hydrogen) atoms. The van der Waals surface area contributed by atoms with Crippen molar-refractivity contribution in [3.63, 3.8) is 0 Å². The smallest absolute Gasteiger partial charge is 0.241 e. The molecule has 0 fully saturated rings. The van der Waals surface area contributed by atoms with Crippen LogP contribution in [-0.4, -0.2) is 28.2 Å². The quantitative estimate of drug-likeness (QED) is 0.872. The number of rotatable bonds is 5. The molecule has 0 saturated carbocycles. The lowest BCUT2D eigenvalue weighted by Crippen LogP contribution is -2.32. The van der Waals surface area contributed by atoms with Crippen LogP contribution in [0, 0.1) is 12.7 Å². The Morgan fingerprint density at radius 1 is 1.47 bits per heavy atom. The van der Waals surface area contributed by atoms with Crippen LogP contribution < -0.4 is 4.72 Å². The van der Waals surface area contributed by atoms with Gasteiger partial charge in [0.05, 0.1) is 11.0 Å². The number of halogens is 1. The molecule has 1 N–H and O–H groups in total. The van der Waals surface area contributed by atoms with Gasteiger partial charge in [0, 0.05) is 13.7 Å². The number of benzene rings is 1. The standard InChI is InChI=1S/C11H16FNO3S/c1-8-4-5-10(12)6-11(8)17(14,15)13-7-9(2)16-3/h4-6,9,13H,7H2,1-3H3. The molecule has 0 aromatic heterocycles. The summed E-state index contributed by atoms with van der Waals surface area (Å²) in [4.78, 5) is -0.0409. The molecule has 0 spiro atoms. The second-order valence-electron chi connectivity index (χ2n) is 3.81. The van der Waals surface area contributed by atoms with Gasteiger partial charge in [0.25, 0.3) is 0 Å². The van der Waals surface area contributed by atoms with Crippen LogP contribution in [0.1, 0.15) is 12.5 Å². The molecule has 1 aromatic rings. The van der Waals surface area contributed by atoms with Crippen molar-refractivity contribution >= 4 is 10.0 Å². The van der Waals surface area contributed by atoms with Crippen LogP contribution in [0.25, 0.3) is 0 Å². The van der Waals surface area contributed by atoms with Crippen molar-refractivity contribution in [2.24, 2.45) is 0 Å². The van der Waals surface area contributed by atoms with E-state index >= 15 is 0 Å². The van der Waals surface area contributed by atoms with Gasteiger partial charge in [-0.2, -0.15) is 0 Å². The van der Waals surface area contributed by atoms with E-state index in [0.29, 0.717) is 5.56 Å². The van der Waals surface area contributed by atoms with Crippen molar-refractivity contribution in [2.75, 3.05) is 13.7 Å². The number of methoxy groups -OCH3 is 1. The van der Waals surface area contributed by atoms with E-state index in [0.717, 1.165) is 6.07 Å². The van der Waals surface area contributed by atoms with Gasteiger partial charge in [-0.3, -0.25) is 0 Å². The Labute approximate surface area is 101 Å². The van der Waals surface area contributed by atoms with Crippen molar-refractivity contribution in [3.05, 3.63) is 29.6 Å². The largest absolute Gasteiger partial charge is 0.380 e. The third-order valence-corrected chi connectivity index (χ3v) is 3.97. The Bertz CT molecular complexity index is 487. The van der Waals surface area contributed by atoms with Crippen LogP contribution in [0.2, 0.25) is 0 Å². The van der Waals surface area contributed by atoms with Crippen molar-refractivity contribution in [3.8, 4) is 0 Å². The number of nitrogens with one attached hydrogen (secondary N) is 1. The molecule has 0 aliphatic carbocycles. The molecule has 0 saturated heterocycles. The maximum absolute atomic E-state index is 13.0. The Kier molecular flexibility index (Phi) is 4.62. The topological polar surface area (TPSA) is 55.4 Å². The first-order valence-corrected chi connectivity index (χ1v) is 6.63. The Balaban J connectivity index is 2.93. The summed E-state index contributed by atoms with van der Waals surface area (Å²) < 4.78 is 44.1. The van der Waals surface area contributed by atoms with Crippen molar-refractivity contribution in [1.29, 1.82) is 0 Å². The van der Waals surface area contributed by atoms with Crippen LogP contribution in [0.4, 0.5) is 4.39 Å². The van der Waals surface area contributed by atoms with Crippen LogP contribution in [0.15, 0.2) is 23.1 Å². The summed E-state index contributed by atoms with van der Waals surface area (Å²) in [6.07, 6.45) is -0.237. The Morgan fingerprint density at radius 3 is 2.71 bits per heavy atom. The average Bonchev–Trinajstić information content (AvgIpc) is 2.29. The molecule has 0 bridgehead atoms. The molecule has 1 atom stereocenters. The predicted octanol–water partition coefficient (Wildman–Crippen LogP) is 1.45. The fourth-order valence-corrected chi connectivity index (χ4v) is 2.62. The lowest BCUT2D eigenvalue weighted by molar-refractivity contribution is 0.122. The minimum atomic E-state index is -3.69. The lowest BCUT2D eigenvalue weighted by Gasteiger charge is -2.12. The summed E-state index contributed by atoms with van der Waals surface area (Å²) >= 11 is 0. The first-order valence-electron chi connectivity index (χ1n) is 5.15. The molecular formula is C11H16FNO3S. The van der Waals surface area contributed by atoms with Gasteiger partial charge in [0.15, 0.2) is 0 Å². The van der Waals surface area contributed by atoms with Crippen molar-refractivity contribution in [2.45, 2.75) is 24.8 Å². The van der Waals surface area contributed by atoms with Gasteiger partial charge in [-0.1, -0.05) is 6.07 Å². The van der Waals surface area contributed by atoms with Gasteiger partial charge in [0.1, 0.15) is 5.82 Å². The van der Waals surface area contributed by atoms with Crippen LogP contribution >= 0.6 is 0 Å². The van der Waals surface area contributed by atoms with Crippen molar-refractivity contribution < 1.29 is 17.5 Å². The van der Waals surface area contributed by atoms with E-state index in [2.05, 4.69) is 4.72 Å². The summed E-state index contributed by atoms with van der Waals surface area (Å²) in [7, 11) is -2.20. The third-order valence-electron chi connectivity index (χ3n) is 2.40. The number of hydrogen-bond donors (Lipinski definition) is 1. The zero-order chi connectivity index (χ0) is 13.1. The number of hydrogen-bond acceptors (Lipinski definition) is 3. The summed E-state index contributed by atoms with van der Waals surface area (Å²) in [5.41, 5.74) is 0.504. The van der Waals surface area contributed by atoms with E-state index in [9.17, 15) is 12.8 Å². The van der Waals surface area contributed by atoms with E-state index in [-0.39, 0.29) is 17.5 Å². The lowest BCUT2D eigenvalue weighted by atomic mass is 10.2. The van der Waals surface area contributed by atoms with Gasteiger partial charge in [0.2, 0.25) is 10.0 Å². The van der Waals surface area contributed by atoms with Gasteiger partial charge in [-0.05, 0) is 31.5 Å². The number of sulfonamides is 1. The maximum atomic E-state index is 13.0. The maximum Gasteiger partial charge on any atom is 0.241 e. The molecule has 0 amide bonds. The normalized spacial score (nSPS) is 13.6. The number of ether oxygens (including phenoxy) is 1. The molecule has 96 valence electrons. The highest BCUT2D eigenvalue weighted by molar-refractivity contribution is 7.89. The SMILES string of the molecule is COC(C)CNS(=O)(=O)c1cc(F)ccc1C. The first kappa shape index (κ1) is 14.1. The molecule has 6 heteroatoms. The second kappa shape index (κ2) is 5.57. The highest BCUT2D eigenvalue weighted by Gasteiger charge is 2.18. The van der Waals surface area contributed by atoms with Gasteiger partial charge < -0.3 is 4.74 Å². The number of aryl methyl sites for hydroxylation is 1. The molecule has 1 aromatic carbocycles. The highest BCUT2D eigenvalue weighted by Crippen LogP contribution is 2.16. The van der Waals surface area contributed by atoms with E-state index in [1.54, 1.807) is 13.8 Å². The Hall–Kier alpha value is -0.980. The zero-order valence-corrected chi connectivity index (χ0v) is 10.8. The fraction of sp³-hybridized carbons (Fsp3) is 0.455. The van der Waals surface area contributed by atoms with Crippen LogP contribution in [-0.2, 0) is 14.8 Å². The third kappa shape index (κ3) is 3.76. The van der Waals surface area contributed by atoms with E-state index in [1.807, 2.05) is 0 Å².